The first-order valence-electron chi connectivity index (χ1n) is 8.47. The van der Waals surface area contributed by atoms with Gasteiger partial charge in [-0.05, 0) is 67.7 Å². The molecule has 1 atom stereocenters. The van der Waals surface area contributed by atoms with Crippen LogP contribution in [0, 0.1) is 25.2 Å². The Morgan fingerprint density at radius 1 is 1.29 bits per heavy atom. The van der Waals surface area contributed by atoms with Crippen molar-refractivity contribution in [3.8, 4) is 0 Å². The number of Topliss-reactive ketones (excluding diaryl/α,β-unsaturated/α-hetero) is 1. The maximum absolute atomic E-state index is 12.9. The molecule has 1 aliphatic rings. The van der Waals surface area contributed by atoms with Gasteiger partial charge in [-0.15, -0.1) is 0 Å². The highest BCUT2D eigenvalue weighted by Gasteiger charge is 2.42. The van der Waals surface area contributed by atoms with Gasteiger partial charge in [-0.3, -0.25) is 4.79 Å². The van der Waals surface area contributed by atoms with Crippen LogP contribution in [0.15, 0.2) is 6.07 Å². The van der Waals surface area contributed by atoms with Gasteiger partial charge in [-0.25, -0.2) is 0 Å². The van der Waals surface area contributed by atoms with Crippen LogP contribution in [-0.4, -0.2) is 5.78 Å². The van der Waals surface area contributed by atoms with E-state index in [1.54, 1.807) is 0 Å². The number of carbonyl (C=O) groups excluding carboxylic acids is 1. The van der Waals surface area contributed by atoms with E-state index in [1.807, 2.05) is 0 Å². The number of carbonyl (C=O) groups is 1. The molecule has 2 rings (SSSR count). The molecule has 0 saturated heterocycles. The second-order valence-electron chi connectivity index (χ2n) is 7.58. The predicted octanol–water partition coefficient (Wildman–Crippen LogP) is 5.44. The van der Waals surface area contributed by atoms with Crippen LogP contribution in [0.1, 0.15) is 79.6 Å². The predicted molar refractivity (Wildman–Crippen MR) is 90.1 cm³/mol. The van der Waals surface area contributed by atoms with Gasteiger partial charge in [0.05, 0.1) is 0 Å². The lowest BCUT2D eigenvalue weighted by Gasteiger charge is -2.20. The Bertz CT molecular complexity index is 553. The van der Waals surface area contributed by atoms with Gasteiger partial charge in [0.2, 0.25) is 0 Å². The molecule has 0 heterocycles. The van der Waals surface area contributed by atoms with Gasteiger partial charge in [-0.1, -0.05) is 40.2 Å². The van der Waals surface area contributed by atoms with E-state index in [2.05, 4.69) is 47.6 Å². The highest BCUT2D eigenvalue weighted by molar-refractivity contribution is 6.06. The topological polar surface area (TPSA) is 17.1 Å². The number of hydrogen-bond acceptors (Lipinski definition) is 1. The van der Waals surface area contributed by atoms with Gasteiger partial charge >= 0.3 is 0 Å². The molecule has 0 amide bonds. The summed E-state index contributed by atoms with van der Waals surface area (Å²) in [6.07, 6.45) is 5.30. The molecule has 1 aromatic rings. The van der Waals surface area contributed by atoms with Crippen LogP contribution >= 0.6 is 0 Å². The quantitative estimate of drug-likeness (QED) is 0.704. The van der Waals surface area contributed by atoms with Gasteiger partial charge in [0.25, 0.3) is 0 Å². The summed E-state index contributed by atoms with van der Waals surface area (Å²) in [5.74, 6) is 1.10. The van der Waals surface area contributed by atoms with Crippen LogP contribution in [0.25, 0.3) is 0 Å². The molecule has 0 aromatic heterocycles. The Labute approximate surface area is 130 Å². The normalized spacial score (nSPS) is 21.2. The SMILES string of the molecule is CCCC1(C)Cc2cc(C)c(CCC(C)C)c(C)c2C1=O. The third kappa shape index (κ3) is 2.93. The fourth-order valence-corrected chi connectivity index (χ4v) is 3.94. The smallest absolute Gasteiger partial charge is 0.169 e. The summed E-state index contributed by atoms with van der Waals surface area (Å²) in [7, 11) is 0. The Morgan fingerprint density at radius 2 is 1.95 bits per heavy atom. The van der Waals surface area contributed by atoms with Crippen LogP contribution in [0.2, 0.25) is 0 Å². The van der Waals surface area contributed by atoms with Crippen LogP contribution in [0.5, 0.6) is 0 Å². The van der Waals surface area contributed by atoms with Crippen molar-refractivity contribution in [2.24, 2.45) is 11.3 Å². The average molecular weight is 286 g/mol. The highest BCUT2D eigenvalue weighted by Crippen LogP contribution is 2.43. The Kier molecular flexibility index (Phi) is 4.60. The minimum Gasteiger partial charge on any atom is -0.294 e. The molecule has 0 aliphatic heterocycles. The lowest BCUT2D eigenvalue weighted by atomic mass is 9.81. The van der Waals surface area contributed by atoms with Crippen LogP contribution < -0.4 is 0 Å². The summed E-state index contributed by atoms with van der Waals surface area (Å²) in [5.41, 5.74) is 6.23. The summed E-state index contributed by atoms with van der Waals surface area (Å²) >= 11 is 0. The molecule has 1 aliphatic carbocycles. The summed E-state index contributed by atoms with van der Waals surface area (Å²) in [6.45, 7) is 13.2. The highest BCUT2D eigenvalue weighted by atomic mass is 16.1. The molecule has 116 valence electrons. The van der Waals surface area contributed by atoms with Crippen LogP contribution in [0.4, 0.5) is 0 Å². The number of rotatable bonds is 5. The van der Waals surface area contributed by atoms with Crippen LogP contribution in [0.3, 0.4) is 0 Å². The lowest BCUT2D eigenvalue weighted by Crippen LogP contribution is -2.24. The van der Waals surface area contributed by atoms with Crippen molar-refractivity contribution in [3.05, 3.63) is 33.9 Å². The van der Waals surface area contributed by atoms with Crippen molar-refractivity contribution in [2.45, 2.75) is 73.6 Å². The largest absolute Gasteiger partial charge is 0.294 e. The number of ketones is 1. The molecule has 0 radical (unpaired) electrons. The lowest BCUT2D eigenvalue weighted by molar-refractivity contribution is 0.0828. The van der Waals surface area contributed by atoms with Crippen molar-refractivity contribution < 1.29 is 4.79 Å². The maximum Gasteiger partial charge on any atom is 0.169 e. The zero-order chi connectivity index (χ0) is 15.8. The minimum atomic E-state index is -0.162. The summed E-state index contributed by atoms with van der Waals surface area (Å²) in [6, 6.07) is 2.29. The standard InChI is InChI=1S/C20H30O/c1-7-10-20(6)12-16-11-14(4)17(9-8-13(2)3)15(5)18(16)19(20)21/h11,13H,7-10,12H2,1-6H3. The summed E-state index contributed by atoms with van der Waals surface area (Å²) < 4.78 is 0. The third-order valence-electron chi connectivity index (χ3n) is 5.14. The second kappa shape index (κ2) is 5.94. The van der Waals surface area contributed by atoms with Crippen molar-refractivity contribution in [1.82, 2.24) is 0 Å². The fourth-order valence-electron chi connectivity index (χ4n) is 3.94. The van der Waals surface area contributed by atoms with Gasteiger partial charge in [0, 0.05) is 11.0 Å². The second-order valence-corrected chi connectivity index (χ2v) is 7.58. The molecule has 0 saturated carbocycles. The average Bonchev–Trinajstić information content (AvgIpc) is 2.61. The minimum absolute atomic E-state index is 0.162. The zero-order valence-electron chi connectivity index (χ0n) is 14.6. The first-order chi connectivity index (χ1) is 9.80. The molecule has 1 heteroatoms. The number of hydrogen-bond donors (Lipinski definition) is 0. The molecule has 21 heavy (non-hydrogen) atoms. The first kappa shape index (κ1) is 16.3. The van der Waals surface area contributed by atoms with Crippen molar-refractivity contribution in [2.75, 3.05) is 0 Å². The molecule has 1 nitrogen and oxygen atoms in total. The Morgan fingerprint density at radius 3 is 2.52 bits per heavy atom. The first-order valence-corrected chi connectivity index (χ1v) is 8.47. The maximum atomic E-state index is 12.9. The summed E-state index contributed by atoms with van der Waals surface area (Å²) in [4.78, 5) is 12.9. The molecule has 1 aromatic carbocycles. The van der Waals surface area contributed by atoms with E-state index in [4.69, 9.17) is 0 Å². The molecular weight excluding hydrogens is 256 g/mol. The van der Waals surface area contributed by atoms with Gasteiger partial charge in [0.15, 0.2) is 5.78 Å². The molecular formula is C20H30O. The van der Waals surface area contributed by atoms with E-state index < -0.39 is 0 Å². The monoisotopic (exact) mass is 286 g/mol. The van der Waals surface area contributed by atoms with Gasteiger partial charge in [-0.2, -0.15) is 0 Å². The van der Waals surface area contributed by atoms with E-state index in [0.717, 1.165) is 31.2 Å². The summed E-state index contributed by atoms with van der Waals surface area (Å²) in [5, 5.41) is 0. The Hall–Kier alpha value is -1.11. The van der Waals surface area contributed by atoms with E-state index >= 15 is 0 Å². The van der Waals surface area contributed by atoms with Crippen molar-refractivity contribution >= 4 is 5.78 Å². The van der Waals surface area contributed by atoms with E-state index in [-0.39, 0.29) is 5.41 Å². The van der Waals surface area contributed by atoms with Crippen molar-refractivity contribution in [3.63, 3.8) is 0 Å². The molecule has 0 fully saturated rings. The molecule has 0 N–H and O–H groups in total. The van der Waals surface area contributed by atoms with E-state index in [1.165, 1.54) is 28.7 Å². The number of benzene rings is 1. The molecule has 0 spiro atoms. The molecule has 0 bridgehead atoms. The van der Waals surface area contributed by atoms with E-state index in [0.29, 0.717) is 11.7 Å². The number of fused-ring (bicyclic) bond motifs is 1. The fraction of sp³-hybridized carbons (Fsp3) is 0.650. The van der Waals surface area contributed by atoms with Gasteiger partial charge < -0.3 is 0 Å². The van der Waals surface area contributed by atoms with Crippen molar-refractivity contribution in [1.29, 1.82) is 0 Å². The zero-order valence-corrected chi connectivity index (χ0v) is 14.6. The third-order valence-corrected chi connectivity index (χ3v) is 5.14. The van der Waals surface area contributed by atoms with E-state index in [9.17, 15) is 4.79 Å². The van der Waals surface area contributed by atoms with Gasteiger partial charge in [0.1, 0.15) is 0 Å². The van der Waals surface area contributed by atoms with Crippen LogP contribution in [-0.2, 0) is 12.8 Å². The number of aryl methyl sites for hydroxylation is 1. The Balaban J connectivity index is 2.42. The molecule has 1 unspecified atom stereocenters.